The third kappa shape index (κ3) is 3.93. The van der Waals surface area contributed by atoms with Crippen LogP contribution in [0.1, 0.15) is 27.6 Å². The second kappa shape index (κ2) is 7.84. The summed E-state index contributed by atoms with van der Waals surface area (Å²) in [5.41, 5.74) is 1.28. The Bertz CT molecular complexity index is 583. The van der Waals surface area contributed by atoms with Crippen LogP contribution < -0.4 is 0 Å². The van der Waals surface area contributed by atoms with E-state index in [0.717, 1.165) is 0 Å². The summed E-state index contributed by atoms with van der Waals surface area (Å²) in [5, 5.41) is 0. The Balaban J connectivity index is 2.11. The predicted octanol–water partition coefficient (Wildman–Crippen LogP) is 4.92. The SMILES string of the molecule is CC(C(Br)C(=O)c1ccccc1)C(Br)C(=O)c1ccccc1. The van der Waals surface area contributed by atoms with Gasteiger partial charge in [0.25, 0.3) is 0 Å². The zero-order valence-corrected chi connectivity index (χ0v) is 15.2. The second-order valence-electron chi connectivity index (χ2n) is 5.12. The summed E-state index contributed by atoms with van der Waals surface area (Å²) in [6.45, 7) is 1.89. The van der Waals surface area contributed by atoms with Crippen LogP contribution in [0.3, 0.4) is 0 Å². The van der Waals surface area contributed by atoms with Gasteiger partial charge in [0.05, 0.1) is 9.65 Å². The van der Waals surface area contributed by atoms with Gasteiger partial charge in [0.1, 0.15) is 0 Å². The van der Waals surface area contributed by atoms with E-state index in [9.17, 15) is 9.59 Å². The van der Waals surface area contributed by atoms with Crippen LogP contribution in [0.5, 0.6) is 0 Å². The van der Waals surface area contributed by atoms with Crippen LogP contribution in [0.4, 0.5) is 0 Å². The fraction of sp³-hybridized carbons (Fsp3) is 0.222. The molecule has 2 rings (SSSR count). The second-order valence-corrected chi connectivity index (χ2v) is 7.10. The van der Waals surface area contributed by atoms with E-state index in [1.807, 2.05) is 43.3 Å². The third-order valence-electron chi connectivity index (χ3n) is 3.54. The molecular weight excluding hydrogens is 408 g/mol. The number of halogens is 2. The molecular formula is C18H16Br2O2. The zero-order valence-electron chi connectivity index (χ0n) is 12.1. The molecule has 0 aliphatic heterocycles. The van der Waals surface area contributed by atoms with Crippen LogP contribution in [-0.4, -0.2) is 21.2 Å². The molecule has 2 aromatic carbocycles. The number of carbonyl (C=O) groups excluding carboxylic acids is 2. The van der Waals surface area contributed by atoms with Gasteiger partial charge in [0.15, 0.2) is 11.6 Å². The van der Waals surface area contributed by atoms with Crippen molar-refractivity contribution in [1.29, 1.82) is 0 Å². The van der Waals surface area contributed by atoms with E-state index < -0.39 is 9.65 Å². The Labute approximate surface area is 147 Å². The van der Waals surface area contributed by atoms with E-state index in [-0.39, 0.29) is 17.5 Å². The summed E-state index contributed by atoms with van der Waals surface area (Å²) in [4.78, 5) is 24.1. The maximum atomic E-state index is 12.5. The van der Waals surface area contributed by atoms with Gasteiger partial charge in [0, 0.05) is 11.1 Å². The fourth-order valence-corrected chi connectivity index (χ4v) is 3.70. The number of carbonyl (C=O) groups is 2. The highest BCUT2D eigenvalue weighted by Crippen LogP contribution is 2.27. The van der Waals surface area contributed by atoms with Crippen LogP contribution >= 0.6 is 31.9 Å². The Kier molecular flexibility index (Phi) is 6.09. The van der Waals surface area contributed by atoms with Crippen molar-refractivity contribution < 1.29 is 9.59 Å². The third-order valence-corrected chi connectivity index (χ3v) is 6.04. The average Bonchev–Trinajstić information content (AvgIpc) is 2.60. The molecule has 0 N–H and O–H groups in total. The molecule has 2 aromatic rings. The van der Waals surface area contributed by atoms with Crippen molar-refractivity contribution in [2.24, 2.45) is 5.92 Å². The van der Waals surface area contributed by atoms with Gasteiger partial charge in [0.2, 0.25) is 0 Å². The summed E-state index contributed by atoms with van der Waals surface area (Å²) >= 11 is 6.91. The van der Waals surface area contributed by atoms with Crippen molar-refractivity contribution in [2.75, 3.05) is 0 Å². The van der Waals surface area contributed by atoms with Gasteiger partial charge >= 0.3 is 0 Å². The Morgan fingerprint density at radius 3 is 1.36 bits per heavy atom. The van der Waals surface area contributed by atoms with Gasteiger partial charge in [-0.15, -0.1) is 0 Å². The van der Waals surface area contributed by atoms with E-state index in [0.29, 0.717) is 11.1 Å². The molecule has 0 bridgehead atoms. The van der Waals surface area contributed by atoms with Crippen molar-refractivity contribution in [3.63, 3.8) is 0 Å². The van der Waals surface area contributed by atoms with Crippen LogP contribution in [0, 0.1) is 5.92 Å². The first-order valence-corrected chi connectivity index (χ1v) is 8.82. The lowest BCUT2D eigenvalue weighted by Crippen LogP contribution is -2.33. The van der Waals surface area contributed by atoms with E-state index >= 15 is 0 Å². The van der Waals surface area contributed by atoms with Crippen molar-refractivity contribution in [3.8, 4) is 0 Å². The minimum absolute atomic E-state index is 0.0154. The molecule has 2 atom stereocenters. The number of benzene rings is 2. The largest absolute Gasteiger partial charge is 0.293 e. The first-order valence-electron chi connectivity index (χ1n) is 6.99. The standard InChI is InChI=1S/C18H16Br2O2/c1-12(15(19)17(21)13-8-4-2-5-9-13)16(20)18(22)14-10-6-3-7-11-14/h2-12,15-16H,1H3. The summed E-state index contributed by atoms with van der Waals surface area (Å²) in [6, 6.07) is 18.2. The van der Waals surface area contributed by atoms with Gasteiger partial charge in [-0.1, -0.05) is 99.4 Å². The number of hydrogen-bond donors (Lipinski definition) is 0. The van der Waals surface area contributed by atoms with Crippen LogP contribution in [0.15, 0.2) is 60.7 Å². The number of rotatable bonds is 6. The zero-order chi connectivity index (χ0) is 16.1. The summed E-state index contributed by atoms with van der Waals surface area (Å²) < 4.78 is 0. The number of ketones is 2. The van der Waals surface area contributed by atoms with E-state index in [1.54, 1.807) is 24.3 Å². The van der Waals surface area contributed by atoms with Gasteiger partial charge in [-0.2, -0.15) is 0 Å². The van der Waals surface area contributed by atoms with Gasteiger partial charge in [-0.25, -0.2) is 0 Å². The maximum absolute atomic E-state index is 12.5. The van der Waals surface area contributed by atoms with Crippen molar-refractivity contribution in [3.05, 3.63) is 71.8 Å². The molecule has 0 saturated heterocycles. The van der Waals surface area contributed by atoms with Crippen LogP contribution in [-0.2, 0) is 0 Å². The lowest BCUT2D eigenvalue weighted by molar-refractivity contribution is 0.0945. The predicted molar refractivity (Wildman–Crippen MR) is 96.1 cm³/mol. The van der Waals surface area contributed by atoms with Crippen molar-refractivity contribution in [1.82, 2.24) is 0 Å². The molecule has 22 heavy (non-hydrogen) atoms. The highest BCUT2D eigenvalue weighted by Gasteiger charge is 2.32. The van der Waals surface area contributed by atoms with Crippen molar-refractivity contribution >= 4 is 43.4 Å². The topological polar surface area (TPSA) is 34.1 Å². The molecule has 0 radical (unpaired) electrons. The summed E-state index contributed by atoms with van der Waals surface area (Å²) in [5.74, 6) is -0.211. The molecule has 0 aliphatic carbocycles. The number of hydrogen-bond acceptors (Lipinski definition) is 2. The number of alkyl halides is 2. The molecule has 0 fully saturated rings. The molecule has 0 saturated carbocycles. The van der Waals surface area contributed by atoms with Gasteiger partial charge in [-0.05, 0) is 5.92 Å². The fourth-order valence-electron chi connectivity index (χ4n) is 2.15. The monoisotopic (exact) mass is 422 g/mol. The lowest BCUT2D eigenvalue weighted by Gasteiger charge is -2.22. The smallest absolute Gasteiger partial charge is 0.176 e. The van der Waals surface area contributed by atoms with E-state index in [4.69, 9.17) is 0 Å². The maximum Gasteiger partial charge on any atom is 0.176 e. The molecule has 0 spiro atoms. The molecule has 2 unspecified atom stereocenters. The van der Waals surface area contributed by atoms with Crippen LogP contribution in [0.2, 0.25) is 0 Å². The summed E-state index contributed by atoms with van der Waals surface area (Å²) in [6.07, 6.45) is 0. The molecule has 0 heterocycles. The quantitative estimate of drug-likeness (QED) is 0.488. The van der Waals surface area contributed by atoms with Crippen LogP contribution in [0.25, 0.3) is 0 Å². The number of Topliss-reactive ketones (excluding diaryl/α,β-unsaturated/α-hetero) is 2. The molecule has 2 nitrogen and oxygen atoms in total. The van der Waals surface area contributed by atoms with Gasteiger partial charge < -0.3 is 0 Å². The molecule has 4 heteroatoms. The average molecular weight is 424 g/mol. The van der Waals surface area contributed by atoms with E-state index in [2.05, 4.69) is 31.9 Å². The van der Waals surface area contributed by atoms with E-state index in [1.165, 1.54) is 0 Å². The van der Waals surface area contributed by atoms with Gasteiger partial charge in [-0.3, -0.25) is 9.59 Å². The Hall–Kier alpha value is -1.26. The lowest BCUT2D eigenvalue weighted by atomic mass is 9.93. The molecule has 0 amide bonds. The molecule has 0 aromatic heterocycles. The highest BCUT2D eigenvalue weighted by atomic mass is 79.9. The summed E-state index contributed by atoms with van der Waals surface area (Å²) in [7, 11) is 0. The first kappa shape index (κ1) is 17.1. The minimum atomic E-state index is -0.424. The highest BCUT2D eigenvalue weighted by molar-refractivity contribution is 9.10. The molecule has 0 aliphatic rings. The first-order chi connectivity index (χ1) is 10.5. The minimum Gasteiger partial charge on any atom is -0.293 e. The Morgan fingerprint density at radius 2 is 1.05 bits per heavy atom. The normalized spacial score (nSPS) is 14.9. The van der Waals surface area contributed by atoms with Crippen molar-refractivity contribution in [2.45, 2.75) is 16.6 Å². The molecule has 114 valence electrons. The Morgan fingerprint density at radius 1 is 0.727 bits per heavy atom.